The van der Waals surface area contributed by atoms with Crippen molar-refractivity contribution in [2.45, 2.75) is 6.54 Å². The lowest BCUT2D eigenvalue weighted by Crippen LogP contribution is -2.38. The van der Waals surface area contributed by atoms with Crippen LogP contribution in [-0.4, -0.2) is 73.6 Å². The Labute approximate surface area is 159 Å². The number of hydrogen-bond donors (Lipinski definition) is 1. The Kier molecular flexibility index (Phi) is 5.42. The molecule has 0 bridgehead atoms. The fourth-order valence-corrected chi connectivity index (χ4v) is 3.33. The van der Waals surface area contributed by atoms with E-state index in [0.717, 1.165) is 39.4 Å². The molecule has 10 nitrogen and oxygen atoms in total. The lowest BCUT2D eigenvalue weighted by Gasteiger charge is -2.26. The van der Waals surface area contributed by atoms with Gasteiger partial charge in [-0.05, 0) is 0 Å². The smallest absolute Gasteiger partial charge is 0.286 e. The average Bonchev–Trinajstić information content (AvgIpc) is 3.38. The highest BCUT2D eigenvalue weighted by Crippen LogP contribution is 2.21. The number of carbonyl (C=O) groups excluding carboxylic acids is 1. The molecule has 0 unspecified atom stereocenters. The Balaban J connectivity index is 1.33. The minimum Gasteiger partial charge on any atom is -0.379 e. The molecule has 4 rings (SSSR count). The van der Waals surface area contributed by atoms with Gasteiger partial charge in [0.1, 0.15) is 5.69 Å². The maximum Gasteiger partial charge on any atom is 0.286 e. The third kappa shape index (κ3) is 4.51. The molecule has 140 valence electrons. The van der Waals surface area contributed by atoms with Gasteiger partial charge in [0, 0.05) is 38.2 Å². The van der Waals surface area contributed by atoms with E-state index in [2.05, 4.69) is 35.5 Å². The van der Waals surface area contributed by atoms with Crippen molar-refractivity contribution in [3.63, 3.8) is 0 Å². The van der Waals surface area contributed by atoms with Gasteiger partial charge in [-0.1, -0.05) is 11.3 Å². The molecule has 3 aromatic heterocycles. The van der Waals surface area contributed by atoms with E-state index < -0.39 is 0 Å². The summed E-state index contributed by atoms with van der Waals surface area (Å²) in [4.78, 5) is 22.9. The van der Waals surface area contributed by atoms with Crippen LogP contribution in [0.25, 0.3) is 10.7 Å². The Morgan fingerprint density at radius 3 is 2.89 bits per heavy atom. The van der Waals surface area contributed by atoms with Crippen molar-refractivity contribution >= 4 is 22.9 Å². The predicted octanol–water partition coefficient (Wildman–Crippen LogP) is 0.776. The first kappa shape index (κ1) is 17.6. The molecule has 1 amide bonds. The van der Waals surface area contributed by atoms with E-state index in [0.29, 0.717) is 16.4 Å². The van der Waals surface area contributed by atoms with Crippen LogP contribution in [0, 0.1) is 0 Å². The molecule has 1 saturated heterocycles. The molecular formula is C16H18N8O2S. The van der Waals surface area contributed by atoms with Gasteiger partial charge in [-0.2, -0.15) is 5.10 Å². The second-order valence-corrected chi connectivity index (χ2v) is 6.88. The van der Waals surface area contributed by atoms with E-state index in [1.807, 2.05) is 10.9 Å². The summed E-state index contributed by atoms with van der Waals surface area (Å²) in [6, 6.07) is 0. The first-order chi connectivity index (χ1) is 13.3. The van der Waals surface area contributed by atoms with E-state index in [-0.39, 0.29) is 10.9 Å². The molecule has 27 heavy (non-hydrogen) atoms. The number of morpholine rings is 1. The van der Waals surface area contributed by atoms with Crippen molar-refractivity contribution in [1.82, 2.24) is 34.8 Å². The summed E-state index contributed by atoms with van der Waals surface area (Å²) in [5.41, 5.74) is 1.21. The van der Waals surface area contributed by atoms with Gasteiger partial charge < -0.3 is 10.1 Å². The summed E-state index contributed by atoms with van der Waals surface area (Å²) in [7, 11) is 0. The second kappa shape index (κ2) is 8.29. The zero-order valence-corrected chi connectivity index (χ0v) is 15.3. The maximum atomic E-state index is 12.4. The minimum atomic E-state index is -0.324. The van der Waals surface area contributed by atoms with Gasteiger partial charge in [0.25, 0.3) is 5.91 Å². The number of carbonyl (C=O) groups is 1. The molecule has 1 aliphatic heterocycles. The van der Waals surface area contributed by atoms with Crippen LogP contribution >= 0.6 is 11.3 Å². The van der Waals surface area contributed by atoms with Gasteiger partial charge in [-0.3, -0.25) is 24.3 Å². The van der Waals surface area contributed by atoms with E-state index in [1.165, 1.54) is 11.3 Å². The fourth-order valence-electron chi connectivity index (χ4n) is 2.63. The van der Waals surface area contributed by atoms with E-state index in [9.17, 15) is 4.79 Å². The molecule has 1 fully saturated rings. The molecule has 0 radical (unpaired) electrons. The first-order valence-corrected chi connectivity index (χ1v) is 9.33. The third-order valence-corrected chi connectivity index (χ3v) is 4.99. The van der Waals surface area contributed by atoms with E-state index in [1.54, 1.807) is 24.8 Å². The summed E-state index contributed by atoms with van der Waals surface area (Å²) < 4.78 is 7.16. The first-order valence-electron chi connectivity index (χ1n) is 8.52. The molecule has 3 aromatic rings. The van der Waals surface area contributed by atoms with Gasteiger partial charge in [-0.25, -0.2) is 0 Å². The van der Waals surface area contributed by atoms with Crippen molar-refractivity contribution in [2.75, 3.05) is 38.2 Å². The van der Waals surface area contributed by atoms with Gasteiger partial charge in [-0.15, -0.1) is 10.2 Å². The molecular weight excluding hydrogens is 368 g/mol. The van der Waals surface area contributed by atoms with Crippen LogP contribution in [0.1, 0.15) is 9.80 Å². The Morgan fingerprint density at radius 2 is 2.07 bits per heavy atom. The number of rotatable bonds is 6. The third-order valence-electron chi connectivity index (χ3n) is 4.04. The van der Waals surface area contributed by atoms with Gasteiger partial charge in [0.15, 0.2) is 5.01 Å². The Hall–Kier alpha value is -2.76. The van der Waals surface area contributed by atoms with Crippen molar-refractivity contribution in [3.8, 4) is 10.7 Å². The highest BCUT2D eigenvalue weighted by molar-refractivity contribution is 7.16. The number of hydrogen-bond acceptors (Lipinski definition) is 9. The van der Waals surface area contributed by atoms with Crippen molar-refractivity contribution in [2.24, 2.45) is 0 Å². The number of nitrogens with zero attached hydrogens (tertiary/aromatic N) is 7. The highest BCUT2D eigenvalue weighted by atomic mass is 32.1. The standard InChI is InChI=1S/C16H18N8O2S/c25-14(16-22-21-15(27-16)13-10-17-1-2-18-13)20-12-9-19-24(11-12)4-3-23-5-7-26-8-6-23/h1-2,9-11H,3-8H2,(H,20,25). The zero-order chi connectivity index (χ0) is 18.5. The average molecular weight is 386 g/mol. The number of anilines is 1. The number of ether oxygens (including phenoxy) is 1. The molecule has 11 heteroatoms. The van der Waals surface area contributed by atoms with Crippen molar-refractivity contribution in [1.29, 1.82) is 0 Å². The maximum absolute atomic E-state index is 12.4. The summed E-state index contributed by atoms with van der Waals surface area (Å²) in [5, 5.41) is 15.8. The number of aromatic nitrogens is 6. The summed E-state index contributed by atoms with van der Waals surface area (Å²) in [5.74, 6) is -0.324. The minimum absolute atomic E-state index is 0.261. The monoisotopic (exact) mass is 386 g/mol. The lowest BCUT2D eigenvalue weighted by molar-refractivity contribution is 0.0360. The van der Waals surface area contributed by atoms with Crippen LogP contribution in [0.3, 0.4) is 0 Å². The van der Waals surface area contributed by atoms with Gasteiger partial charge >= 0.3 is 0 Å². The summed E-state index contributed by atoms with van der Waals surface area (Å²) in [6.45, 7) is 5.09. The molecule has 0 saturated carbocycles. The highest BCUT2D eigenvalue weighted by Gasteiger charge is 2.16. The van der Waals surface area contributed by atoms with E-state index >= 15 is 0 Å². The molecule has 1 N–H and O–H groups in total. The normalized spacial score (nSPS) is 15.0. The van der Waals surface area contributed by atoms with Crippen LogP contribution in [-0.2, 0) is 11.3 Å². The number of nitrogens with one attached hydrogen (secondary N) is 1. The molecule has 1 aliphatic rings. The van der Waals surface area contributed by atoms with E-state index in [4.69, 9.17) is 4.74 Å². The molecule has 0 aliphatic carbocycles. The Morgan fingerprint density at radius 1 is 1.19 bits per heavy atom. The second-order valence-electron chi connectivity index (χ2n) is 5.90. The predicted molar refractivity (Wildman–Crippen MR) is 98.4 cm³/mol. The summed E-state index contributed by atoms with van der Waals surface area (Å²) in [6.07, 6.45) is 8.17. The van der Waals surface area contributed by atoms with Crippen LogP contribution in [0.5, 0.6) is 0 Å². The molecule has 4 heterocycles. The lowest BCUT2D eigenvalue weighted by atomic mass is 10.4. The Bertz CT molecular complexity index is 891. The van der Waals surface area contributed by atoms with Crippen molar-refractivity contribution in [3.05, 3.63) is 36.0 Å². The molecule has 0 atom stereocenters. The van der Waals surface area contributed by atoms with Crippen LogP contribution in [0.4, 0.5) is 5.69 Å². The fraction of sp³-hybridized carbons (Fsp3) is 0.375. The SMILES string of the molecule is O=C(Nc1cnn(CCN2CCOCC2)c1)c1nnc(-c2cnccn2)s1. The van der Waals surface area contributed by atoms with Crippen LogP contribution in [0.15, 0.2) is 31.0 Å². The van der Waals surface area contributed by atoms with Crippen molar-refractivity contribution < 1.29 is 9.53 Å². The van der Waals surface area contributed by atoms with Gasteiger partial charge in [0.05, 0.1) is 37.8 Å². The summed E-state index contributed by atoms with van der Waals surface area (Å²) >= 11 is 1.17. The van der Waals surface area contributed by atoms with Crippen LogP contribution in [0.2, 0.25) is 0 Å². The largest absolute Gasteiger partial charge is 0.379 e. The molecule has 0 aromatic carbocycles. The zero-order valence-electron chi connectivity index (χ0n) is 14.5. The number of amides is 1. The quantitative estimate of drug-likeness (QED) is 0.661. The van der Waals surface area contributed by atoms with Gasteiger partial charge in [0.2, 0.25) is 5.01 Å². The van der Waals surface area contributed by atoms with Crippen LogP contribution < -0.4 is 5.32 Å². The topological polar surface area (TPSA) is 111 Å². The molecule has 0 spiro atoms.